The van der Waals surface area contributed by atoms with Crippen LogP contribution < -0.4 is 5.32 Å². The van der Waals surface area contributed by atoms with Crippen molar-refractivity contribution < 1.29 is 8.42 Å². The molecule has 1 saturated carbocycles. The molecule has 1 N–H and O–H groups in total. The van der Waals surface area contributed by atoms with Gasteiger partial charge in [-0.05, 0) is 51.0 Å². The van der Waals surface area contributed by atoms with Gasteiger partial charge in [0.25, 0.3) is 0 Å². The van der Waals surface area contributed by atoms with E-state index in [1.165, 1.54) is 0 Å². The lowest BCUT2D eigenvalue weighted by atomic mass is 9.68. The van der Waals surface area contributed by atoms with E-state index in [-0.39, 0.29) is 22.0 Å². The Morgan fingerprint density at radius 2 is 1.80 bits per heavy atom. The van der Waals surface area contributed by atoms with Gasteiger partial charge in [-0.2, -0.15) is 0 Å². The number of hydrogen-bond acceptors (Lipinski definition) is 3. The normalized spacial score (nSPS) is 28.9. The minimum absolute atomic E-state index is 0.135. The van der Waals surface area contributed by atoms with Crippen molar-refractivity contribution in [2.45, 2.75) is 83.8 Å². The molecule has 0 aliphatic heterocycles. The molecular formula is C16H33NO2S. The fourth-order valence-electron chi connectivity index (χ4n) is 3.34. The smallest absolute Gasteiger partial charge is 0.157 e. The maximum atomic E-state index is 12.7. The van der Waals surface area contributed by atoms with Crippen molar-refractivity contribution in [3.8, 4) is 0 Å². The number of nitrogens with one attached hydrogen (secondary N) is 1. The Hall–Kier alpha value is -0.0900. The van der Waals surface area contributed by atoms with Crippen LogP contribution in [-0.4, -0.2) is 31.5 Å². The first-order chi connectivity index (χ1) is 9.16. The summed E-state index contributed by atoms with van der Waals surface area (Å²) in [5.41, 5.74) is 0.238. The van der Waals surface area contributed by atoms with E-state index < -0.39 is 9.84 Å². The van der Waals surface area contributed by atoms with Crippen LogP contribution in [0.25, 0.3) is 0 Å². The van der Waals surface area contributed by atoms with Crippen molar-refractivity contribution >= 4 is 9.84 Å². The molecular weight excluding hydrogens is 270 g/mol. The maximum absolute atomic E-state index is 12.7. The zero-order chi connectivity index (χ0) is 15.6. The van der Waals surface area contributed by atoms with Crippen LogP contribution in [0.15, 0.2) is 0 Å². The van der Waals surface area contributed by atoms with Gasteiger partial charge < -0.3 is 5.32 Å². The van der Waals surface area contributed by atoms with Gasteiger partial charge in [0.2, 0.25) is 0 Å². The first-order valence-electron chi connectivity index (χ1n) is 8.12. The van der Waals surface area contributed by atoms with Crippen molar-refractivity contribution in [2.75, 3.05) is 6.54 Å². The predicted octanol–water partition coefficient (Wildman–Crippen LogP) is 3.39. The van der Waals surface area contributed by atoms with Crippen LogP contribution in [0.3, 0.4) is 0 Å². The second kappa shape index (κ2) is 6.78. The Balaban J connectivity index is 3.00. The van der Waals surface area contributed by atoms with Crippen molar-refractivity contribution in [2.24, 2.45) is 11.3 Å². The summed E-state index contributed by atoms with van der Waals surface area (Å²) in [4.78, 5) is 0. The third kappa shape index (κ3) is 3.76. The minimum Gasteiger partial charge on any atom is -0.313 e. The molecule has 1 aliphatic carbocycles. The molecule has 3 atom stereocenters. The van der Waals surface area contributed by atoms with Crippen LogP contribution in [0, 0.1) is 11.3 Å². The molecule has 0 saturated heterocycles. The molecule has 0 bridgehead atoms. The third-order valence-electron chi connectivity index (χ3n) is 5.35. The molecule has 3 nitrogen and oxygen atoms in total. The number of rotatable bonds is 6. The maximum Gasteiger partial charge on any atom is 0.157 e. The highest BCUT2D eigenvalue weighted by molar-refractivity contribution is 7.92. The molecule has 0 spiro atoms. The SMILES string of the molecule is CCNC1CCC(C(C)(C)CC)CC1S(=O)(=O)C(C)C. The average molecular weight is 304 g/mol. The van der Waals surface area contributed by atoms with Gasteiger partial charge in [0.05, 0.1) is 10.5 Å². The monoisotopic (exact) mass is 303 g/mol. The molecule has 1 rings (SSSR count). The highest BCUT2D eigenvalue weighted by Gasteiger charge is 2.43. The summed E-state index contributed by atoms with van der Waals surface area (Å²) in [7, 11) is -3.04. The Morgan fingerprint density at radius 1 is 1.20 bits per heavy atom. The largest absolute Gasteiger partial charge is 0.313 e. The van der Waals surface area contributed by atoms with Gasteiger partial charge in [-0.3, -0.25) is 0 Å². The molecule has 20 heavy (non-hydrogen) atoms. The summed E-state index contributed by atoms with van der Waals surface area (Å²) in [6.07, 6.45) is 4.05. The van der Waals surface area contributed by atoms with Crippen LogP contribution in [0.4, 0.5) is 0 Å². The average Bonchev–Trinajstić information content (AvgIpc) is 2.39. The number of hydrogen-bond donors (Lipinski definition) is 1. The van der Waals surface area contributed by atoms with E-state index in [4.69, 9.17) is 0 Å². The Bertz CT molecular complexity index is 401. The summed E-state index contributed by atoms with van der Waals surface area (Å²) >= 11 is 0. The van der Waals surface area contributed by atoms with Gasteiger partial charge in [0.1, 0.15) is 0 Å². The molecule has 0 aromatic rings. The molecule has 0 heterocycles. The zero-order valence-corrected chi connectivity index (χ0v) is 14.9. The second-order valence-corrected chi connectivity index (χ2v) is 9.92. The van der Waals surface area contributed by atoms with Crippen LogP contribution in [0.5, 0.6) is 0 Å². The zero-order valence-electron chi connectivity index (χ0n) is 14.1. The van der Waals surface area contributed by atoms with E-state index in [1.54, 1.807) is 0 Å². The van der Waals surface area contributed by atoms with E-state index >= 15 is 0 Å². The van der Waals surface area contributed by atoms with Crippen molar-refractivity contribution in [3.05, 3.63) is 0 Å². The van der Waals surface area contributed by atoms with E-state index in [9.17, 15) is 8.42 Å². The van der Waals surface area contributed by atoms with E-state index in [0.29, 0.717) is 5.92 Å². The predicted molar refractivity (Wildman–Crippen MR) is 86.7 cm³/mol. The second-order valence-electron chi connectivity index (χ2n) is 7.19. The minimum atomic E-state index is -3.04. The van der Waals surface area contributed by atoms with Gasteiger partial charge in [0, 0.05) is 6.04 Å². The highest BCUT2D eigenvalue weighted by atomic mass is 32.2. The molecule has 4 heteroatoms. The van der Waals surface area contributed by atoms with Crippen LogP contribution in [0.1, 0.15) is 67.2 Å². The number of sulfone groups is 1. The van der Waals surface area contributed by atoms with Gasteiger partial charge in [0.15, 0.2) is 9.84 Å². The quantitative estimate of drug-likeness (QED) is 0.818. The molecule has 1 fully saturated rings. The summed E-state index contributed by atoms with van der Waals surface area (Å²) in [5, 5.41) is 2.91. The Morgan fingerprint density at radius 3 is 2.25 bits per heavy atom. The molecule has 0 amide bonds. The lowest BCUT2D eigenvalue weighted by Crippen LogP contribution is -2.51. The molecule has 3 unspecified atom stereocenters. The molecule has 120 valence electrons. The van der Waals surface area contributed by atoms with Gasteiger partial charge in [-0.15, -0.1) is 0 Å². The van der Waals surface area contributed by atoms with Crippen molar-refractivity contribution in [1.29, 1.82) is 0 Å². The summed E-state index contributed by atoms with van der Waals surface area (Å²) < 4.78 is 25.4. The fraction of sp³-hybridized carbons (Fsp3) is 1.00. The van der Waals surface area contributed by atoms with Gasteiger partial charge >= 0.3 is 0 Å². The summed E-state index contributed by atoms with van der Waals surface area (Å²) in [5.74, 6) is 0.515. The Kier molecular flexibility index (Phi) is 6.09. The lowest BCUT2D eigenvalue weighted by Gasteiger charge is -2.43. The van der Waals surface area contributed by atoms with E-state index in [0.717, 1.165) is 32.2 Å². The Labute approximate surface area is 125 Å². The van der Waals surface area contributed by atoms with Gasteiger partial charge in [-0.25, -0.2) is 8.42 Å². The van der Waals surface area contributed by atoms with Gasteiger partial charge in [-0.1, -0.05) is 34.1 Å². The standard InChI is InChI=1S/C16H33NO2S/c1-7-16(5,6)13-9-10-14(17-8-2)15(11-13)20(18,19)12(3)4/h12-15,17H,7-11H2,1-6H3. The molecule has 0 aromatic heterocycles. The molecule has 0 radical (unpaired) electrons. The first kappa shape index (κ1) is 18.0. The van der Waals surface area contributed by atoms with Crippen molar-refractivity contribution in [3.63, 3.8) is 0 Å². The van der Waals surface area contributed by atoms with E-state index in [2.05, 4.69) is 33.0 Å². The fourth-order valence-corrected chi connectivity index (χ4v) is 5.23. The van der Waals surface area contributed by atoms with E-state index in [1.807, 2.05) is 13.8 Å². The van der Waals surface area contributed by atoms with Crippen LogP contribution in [0.2, 0.25) is 0 Å². The third-order valence-corrected chi connectivity index (χ3v) is 8.03. The summed E-state index contributed by atoms with van der Waals surface area (Å²) in [6.45, 7) is 13.3. The van der Waals surface area contributed by atoms with Crippen LogP contribution >= 0.6 is 0 Å². The lowest BCUT2D eigenvalue weighted by molar-refractivity contribution is 0.139. The molecule has 1 aliphatic rings. The highest BCUT2D eigenvalue weighted by Crippen LogP contribution is 2.42. The first-order valence-corrected chi connectivity index (χ1v) is 9.73. The molecule has 0 aromatic carbocycles. The van der Waals surface area contributed by atoms with Crippen molar-refractivity contribution in [1.82, 2.24) is 5.32 Å². The topological polar surface area (TPSA) is 46.2 Å². The summed E-state index contributed by atoms with van der Waals surface area (Å²) in [6, 6.07) is 0.135. The van der Waals surface area contributed by atoms with Crippen LogP contribution in [-0.2, 0) is 9.84 Å².